The molecule has 1 N–H and O–H groups in total. The van der Waals surface area contributed by atoms with Crippen LogP contribution >= 0.6 is 0 Å². The molecule has 0 aliphatic carbocycles. The molecule has 174 valence electrons. The zero-order valence-corrected chi connectivity index (χ0v) is 19.6. The van der Waals surface area contributed by atoms with Crippen LogP contribution in [0.25, 0.3) is 0 Å². The van der Waals surface area contributed by atoms with E-state index in [2.05, 4.69) is 24.1 Å². The Balaban J connectivity index is 1.69. The fraction of sp³-hybridized carbons (Fsp3) is 0.480. The van der Waals surface area contributed by atoms with Crippen LogP contribution in [0.2, 0.25) is 0 Å². The summed E-state index contributed by atoms with van der Waals surface area (Å²) in [6, 6.07) is 11.2. The summed E-state index contributed by atoms with van der Waals surface area (Å²) in [5, 5.41) is 3.03. The van der Waals surface area contributed by atoms with Crippen molar-refractivity contribution >= 4 is 11.6 Å². The van der Waals surface area contributed by atoms with Gasteiger partial charge in [0.2, 0.25) is 5.91 Å². The van der Waals surface area contributed by atoms with E-state index < -0.39 is 0 Å². The molecule has 0 radical (unpaired) electrons. The van der Waals surface area contributed by atoms with Crippen molar-refractivity contribution in [1.82, 2.24) is 4.90 Å². The van der Waals surface area contributed by atoms with Gasteiger partial charge in [-0.3, -0.25) is 9.69 Å². The van der Waals surface area contributed by atoms with Gasteiger partial charge in [-0.2, -0.15) is 0 Å². The van der Waals surface area contributed by atoms with Crippen LogP contribution in [0.4, 0.5) is 5.69 Å². The van der Waals surface area contributed by atoms with E-state index in [1.54, 1.807) is 33.5 Å². The minimum Gasteiger partial charge on any atom is -0.493 e. The SMILES string of the molecule is COc1ccc(NC(=O)C2CCCN2Cc2ccc(OC)c(OCC(C)C)c2)cc1OC. The number of carbonyl (C=O) groups excluding carboxylic acids is 1. The van der Waals surface area contributed by atoms with Crippen molar-refractivity contribution in [2.75, 3.05) is 39.8 Å². The minimum absolute atomic E-state index is 0.0143. The van der Waals surface area contributed by atoms with Crippen LogP contribution in [-0.4, -0.2) is 51.3 Å². The first-order valence-electron chi connectivity index (χ1n) is 11.0. The zero-order valence-electron chi connectivity index (χ0n) is 19.6. The average molecular weight is 443 g/mol. The summed E-state index contributed by atoms with van der Waals surface area (Å²) in [5.41, 5.74) is 1.78. The van der Waals surface area contributed by atoms with Crippen molar-refractivity contribution in [3.63, 3.8) is 0 Å². The number of methoxy groups -OCH3 is 3. The van der Waals surface area contributed by atoms with Gasteiger partial charge in [0.25, 0.3) is 0 Å². The molecule has 0 spiro atoms. The topological polar surface area (TPSA) is 69.3 Å². The molecule has 1 aliphatic heterocycles. The van der Waals surface area contributed by atoms with Crippen LogP contribution in [0.15, 0.2) is 36.4 Å². The summed E-state index contributed by atoms with van der Waals surface area (Å²) in [6.07, 6.45) is 1.81. The molecule has 0 aromatic heterocycles. The summed E-state index contributed by atoms with van der Waals surface area (Å²) >= 11 is 0. The van der Waals surface area contributed by atoms with Crippen molar-refractivity contribution in [1.29, 1.82) is 0 Å². The van der Waals surface area contributed by atoms with Crippen LogP contribution in [0.1, 0.15) is 32.3 Å². The molecular weight excluding hydrogens is 408 g/mol. The Morgan fingerprint density at radius 2 is 1.69 bits per heavy atom. The highest BCUT2D eigenvalue weighted by Gasteiger charge is 2.31. The standard InChI is InChI=1S/C25H34N2O5/c1-17(2)16-32-24-13-18(8-10-22(24)30-4)15-27-12-6-7-20(27)25(28)26-19-9-11-21(29-3)23(14-19)31-5/h8-11,13-14,17,20H,6-7,12,15-16H2,1-5H3,(H,26,28). The van der Waals surface area contributed by atoms with E-state index in [9.17, 15) is 4.79 Å². The number of nitrogens with zero attached hydrogens (tertiary/aromatic N) is 1. The molecule has 7 nitrogen and oxygen atoms in total. The Morgan fingerprint density at radius 3 is 2.38 bits per heavy atom. The van der Waals surface area contributed by atoms with Crippen LogP contribution in [0, 0.1) is 5.92 Å². The van der Waals surface area contributed by atoms with E-state index in [-0.39, 0.29) is 11.9 Å². The summed E-state index contributed by atoms with van der Waals surface area (Å²) < 4.78 is 22.0. The maximum atomic E-state index is 13.0. The Kier molecular flexibility index (Phi) is 8.22. The van der Waals surface area contributed by atoms with Crippen molar-refractivity contribution in [2.45, 2.75) is 39.3 Å². The molecule has 1 heterocycles. The van der Waals surface area contributed by atoms with Crippen molar-refractivity contribution in [2.24, 2.45) is 5.92 Å². The normalized spacial score (nSPS) is 16.1. The second-order valence-corrected chi connectivity index (χ2v) is 8.38. The number of likely N-dealkylation sites (tertiary alicyclic amines) is 1. The molecule has 2 aromatic rings. The lowest BCUT2D eigenvalue weighted by Crippen LogP contribution is -2.39. The third-order valence-corrected chi connectivity index (χ3v) is 5.50. The van der Waals surface area contributed by atoms with Crippen LogP contribution < -0.4 is 24.3 Å². The van der Waals surface area contributed by atoms with Gasteiger partial charge in [-0.05, 0) is 55.1 Å². The van der Waals surface area contributed by atoms with Crippen LogP contribution in [0.3, 0.4) is 0 Å². The number of anilines is 1. The number of benzene rings is 2. The summed E-state index contributed by atoms with van der Waals surface area (Å²) in [6.45, 7) is 6.40. The number of ether oxygens (including phenoxy) is 4. The fourth-order valence-corrected chi connectivity index (χ4v) is 3.88. The lowest BCUT2D eigenvalue weighted by Gasteiger charge is -2.24. The van der Waals surface area contributed by atoms with Gasteiger partial charge < -0.3 is 24.3 Å². The number of nitrogens with one attached hydrogen (secondary N) is 1. The second kappa shape index (κ2) is 11.1. The molecule has 7 heteroatoms. The smallest absolute Gasteiger partial charge is 0.241 e. The highest BCUT2D eigenvalue weighted by atomic mass is 16.5. The number of hydrogen-bond donors (Lipinski definition) is 1. The third kappa shape index (κ3) is 5.85. The highest BCUT2D eigenvalue weighted by Crippen LogP contribution is 2.32. The Bertz CT molecular complexity index is 915. The first kappa shape index (κ1) is 23.7. The van der Waals surface area contributed by atoms with E-state index >= 15 is 0 Å². The first-order chi connectivity index (χ1) is 15.4. The molecule has 3 rings (SSSR count). The Labute approximate surface area is 190 Å². The van der Waals surface area contributed by atoms with Crippen LogP contribution in [0.5, 0.6) is 23.0 Å². The third-order valence-electron chi connectivity index (χ3n) is 5.50. The van der Waals surface area contributed by atoms with E-state index in [1.165, 1.54) is 0 Å². The Morgan fingerprint density at radius 1 is 1.00 bits per heavy atom. The lowest BCUT2D eigenvalue weighted by atomic mass is 10.1. The number of rotatable bonds is 10. The van der Waals surface area contributed by atoms with Gasteiger partial charge in [0.1, 0.15) is 0 Å². The quantitative estimate of drug-likeness (QED) is 0.590. The first-order valence-corrected chi connectivity index (χ1v) is 11.0. The number of hydrogen-bond acceptors (Lipinski definition) is 6. The predicted molar refractivity (Wildman–Crippen MR) is 125 cm³/mol. The van der Waals surface area contributed by atoms with Gasteiger partial charge in [0, 0.05) is 18.3 Å². The largest absolute Gasteiger partial charge is 0.493 e. The molecule has 1 aliphatic rings. The van der Waals surface area contributed by atoms with E-state index in [1.807, 2.05) is 24.3 Å². The van der Waals surface area contributed by atoms with Crippen molar-refractivity contribution in [3.8, 4) is 23.0 Å². The fourth-order valence-electron chi connectivity index (χ4n) is 3.88. The van der Waals surface area contributed by atoms with Gasteiger partial charge in [-0.1, -0.05) is 19.9 Å². The molecule has 1 amide bonds. The molecule has 0 bridgehead atoms. The van der Waals surface area contributed by atoms with E-state index in [4.69, 9.17) is 18.9 Å². The van der Waals surface area contributed by atoms with Gasteiger partial charge in [0.15, 0.2) is 23.0 Å². The molecule has 1 fully saturated rings. The van der Waals surface area contributed by atoms with Gasteiger partial charge >= 0.3 is 0 Å². The van der Waals surface area contributed by atoms with Crippen LogP contribution in [-0.2, 0) is 11.3 Å². The highest BCUT2D eigenvalue weighted by molar-refractivity contribution is 5.95. The molecule has 1 unspecified atom stereocenters. The van der Waals surface area contributed by atoms with E-state index in [0.29, 0.717) is 36.3 Å². The molecule has 0 saturated carbocycles. The summed E-state index contributed by atoms with van der Waals surface area (Å²) in [7, 11) is 4.81. The lowest BCUT2D eigenvalue weighted by molar-refractivity contribution is -0.120. The molecule has 2 aromatic carbocycles. The Hall–Kier alpha value is -2.93. The van der Waals surface area contributed by atoms with Crippen molar-refractivity contribution < 1.29 is 23.7 Å². The minimum atomic E-state index is -0.190. The maximum absolute atomic E-state index is 13.0. The monoisotopic (exact) mass is 442 g/mol. The molecular formula is C25H34N2O5. The van der Waals surface area contributed by atoms with Gasteiger partial charge in [0.05, 0.1) is 34.0 Å². The molecule has 1 saturated heterocycles. The van der Waals surface area contributed by atoms with Gasteiger partial charge in [-0.15, -0.1) is 0 Å². The molecule has 32 heavy (non-hydrogen) atoms. The van der Waals surface area contributed by atoms with Crippen molar-refractivity contribution in [3.05, 3.63) is 42.0 Å². The number of amides is 1. The summed E-state index contributed by atoms with van der Waals surface area (Å²) in [4.78, 5) is 15.3. The summed E-state index contributed by atoms with van der Waals surface area (Å²) in [5.74, 6) is 3.08. The number of carbonyl (C=O) groups is 1. The van der Waals surface area contributed by atoms with Gasteiger partial charge in [-0.25, -0.2) is 0 Å². The zero-order chi connectivity index (χ0) is 23.1. The predicted octanol–water partition coefficient (Wildman–Crippen LogP) is 4.35. The second-order valence-electron chi connectivity index (χ2n) is 8.38. The van der Waals surface area contributed by atoms with E-state index in [0.717, 1.165) is 36.4 Å². The molecule has 1 atom stereocenters. The maximum Gasteiger partial charge on any atom is 0.241 e. The average Bonchev–Trinajstić information content (AvgIpc) is 3.25.